The van der Waals surface area contributed by atoms with E-state index < -0.39 is 29.5 Å². The number of esters is 1. The van der Waals surface area contributed by atoms with E-state index >= 15 is 0 Å². The molecule has 6 nitrogen and oxygen atoms in total. The van der Waals surface area contributed by atoms with E-state index in [1.54, 1.807) is 45.3 Å². The van der Waals surface area contributed by atoms with Crippen molar-refractivity contribution < 1.29 is 19.4 Å². The summed E-state index contributed by atoms with van der Waals surface area (Å²) in [5.74, 6) is -3.49. The lowest BCUT2D eigenvalue weighted by Crippen LogP contribution is -2.45. The molecule has 3 N–H and O–H groups in total. The van der Waals surface area contributed by atoms with Crippen LogP contribution in [0.15, 0.2) is 24.5 Å². The Balaban J connectivity index is 2.80. The molecule has 0 aliphatic rings. The molecule has 1 heterocycles. The van der Waals surface area contributed by atoms with Gasteiger partial charge in [0.1, 0.15) is 5.60 Å². The number of pyridine rings is 1. The molecule has 6 heteroatoms. The summed E-state index contributed by atoms with van der Waals surface area (Å²) in [6.07, 6.45) is 3.44. The molecular weight excluding hydrogens is 260 g/mol. The number of aromatic nitrogens is 1. The van der Waals surface area contributed by atoms with Crippen molar-refractivity contribution in [3.63, 3.8) is 0 Å². The fourth-order valence-corrected chi connectivity index (χ4v) is 1.73. The maximum Gasteiger partial charge on any atom is 0.322 e. The Labute approximate surface area is 118 Å². The third-order valence-corrected chi connectivity index (χ3v) is 2.55. The third-order valence-electron chi connectivity index (χ3n) is 2.55. The summed E-state index contributed by atoms with van der Waals surface area (Å²) < 4.78 is 5.10. The fraction of sp³-hybridized carbons (Fsp3) is 0.500. The number of carboxylic acid groups (broad SMARTS) is 1. The van der Waals surface area contributed by atoms with Gasteiger partial charge in [-0.15, -0.1) is 0 Å². The Bertz CT molecular complexity index is 468. The summed E-state index contributed by atoms with van der Waals surface area (Å²) in [5, 5.41) is 9.19. The van der Waals surface area contributed by atoms with Crippen LogP contribution in [0.3, 0.4) is 0 Å². The lowest BCUT2D eigenvalue weighted by atomic mass is 9.94. The van der Waals surface area contributed by atoms with Crippen LogP contribution in [0.2, 0.25) is 0 Å². The average molecular weight is 280 g/mol. The van der Waals surface area contributed by atoms with Gasteiger partial charge >= 0.3 is 11.9 Å². The zero-order valence-electron chi connectivity index (χ0n) is 11.9. The molecule has 0 amide bonds. The minimum atomic E-state index is -1.39. The van der Waals surface area contributed by atoms with E-state index in [0.29, 0.717) is 0 Å². The highest BCUT2D eigenvalue weighted by Gasteiger charge is 2.36. The van der Waals surface area contributed by atoms with E-state index in [2.05, 4.69) is 4.98 Å². The van der Waals surface area contributed by atoms with E-state index in [0.717, 1.165) is 5.56 Å². The van der Waals surface area contributed by atoms with Crippen LogP contribution in [0, 0.1) is 5.92 Å². The number of nitrogens with zero attached hydrogens (tertiary/aromatic N) is 1. The number of carbonyl (C=O) groups is 2. The molecule has 0 bridgehead atoms. The third kappa shape index (κ3) is 4.97. The molecule has 0 saturated carbocycles. The van der Waals surface area contributed by atoms with Gasteiger partial charge in [-0.05, 0) is 38.8 Å². The van der Waals surface area contributed by atoms with Gasteiger partial charge in [0.25, 0.3) is 0 Å². The van der Waals surface area contributed by atoms with Crippen molar-refractivity contribution in [3.8, 4) is 0 Å². The summed E-state index contributed by atoms with van der Waals surface area (Å²) in [4.78, 5) is 27.1. The standard InChI is InChI=1S/C14H20N2O4/c1-14(2,3)20-13(19)11(12(17)18)10(15)7-9-5-4-6-16-8-9/h4-6,8,10-11H,7,15H2,1-3H3,(H,17,18)/t10-,11+/m1/s1. The molecule has 1 aromatic rings. The molecule has 110 valence electrons. The van der Waals surface area contributed by atoms with Gasteiger partial charge in [-0.25, -0.2) is 0 Å². The second-order valence-corrected chi connectivity index (χ2v) is 5.58. The molecule has 20 heavy (non-hydrogen) atoms. The summed E-state index contributed by atoms with van der Waals surface area (Å²) in [6, 6.07) is 2.64. The van der Waals surface area contributed by atoms with Crippen molar-refractivity contribution in [3.05, 3.63) is 30.1 Å². The number of aliphatic carboxylic acids is 1. The van der Waals surface area contributed by atoms with Gasteiger partial charge in [0, 0.05) is 18.4 Å². The Morgan fingerprint density at radius 2 is 2.10 bits per heavy atom. The SMILES string of the molecule is CC(C)(C)OC(=O)[C@H](C(=O)O)[C@H](N)Cc1cccnc1. The minimum Gasteiger partial charge on any atom is -0.481 e. The lowest BCUT2D eigenvalue weighted by Gasteiger charge is -2.25. The molecular formula is C14H20N2O4. The molecule has 1 rings (SSSR count). The summed E-state index contributed by atoms with van der Waals surface area (Å²) in [5.41, 5.74) is 5.88. The normalized spacial score (nSPS) is 14.4. The van der Waals surface area contributed by atoms with Gasteiger partial charge in [-0.2, -0.15) is 0 Å². The van der Waals surface area contributed by atoms with E-state index in [4.69, 9.17) is 10.5 Å². The van der Waals surface area contributed by atoms with Crippen molar-refractivity contribution in [2.75, 3.05) is 0 Å². The Hall–Kier alpha value is -1.95. The maximum atomic E-state index is 11.9. The van der Waals surface area contributed by atoms with Crippen LogP contribution in [0.1, 0.15) is 26.3 Å². The number of carbonyl (C=O) groups excluding carboxylic acids is 1. The maximum absolute atomic E-state index is 11.9. The monoisotopic (exact) mass is 280 g/mol. The number of rotatable bonds is 5. The molecule has 2 atom stereocenters. The second kappa shape index (κ2) is 6.47. The van der Waals surface area contributed by atoms with Gasteiger partial charge in [0.05, 0.1) is 0 Å². The highest BCUT2D eigenvalue weighted by molar-refractivity contribution is 5.95. The van der Waals surface area contributed by atoms with Gasteiger partial charge in [0.15, 0.2) is 5.92 Å². The molecule has 0 radical (unpaired) electrons. The van der Waals surface area contributed by atoms with Gasteiger partial charge in [-0.1, -0.05) is 6.07 Å². The quantitative estimate of drug-likeness (QED) is 0.616. The smallest absolute Gasteiger partial charge is 0.322 e. The number of ether oxygens (including phenoxy) is 1. The van der Waals surface area contributed by atoms with E-state index in [1.165, 1.54) is 0 Å². The largest absolute Gasteiger partial charge is 0.481 e. The highest BCUT2D eigenvalue weighted by Crippen LogP contribution is 2.16. The number of nitrogens with two attached hydrogens (primary N) is 1. The van der Waals surface area contributed by atoms with Crippen molar-refractivity contribution >= 4 is 11.9 Å². The minimum absolute atomic E-state index is 0.240. The molecule has 0 unspecified atom stereocenters. The molecule has 0 fully saturated rings. The lowest BCUT2D eigenvalue weighted by molar-refractivity contribution is -0.167. The molecule has 0 saturated heterocycles. The van der Waals surface area contributed by atoms with Crippen LogP contribution in [0.25, 0.3) is 0 Å². The fourth-order valence-electron chi connectivity index (χ4n) is 1.73. The van der Waals surface area contributed by atoms with Gasteiger partial charge in [-0.3, -0.25) is 14.6 Å². The number of hydrogen-bond acceptors (Lipinski definition) is 5. The zero-order valence-corrected chi connectivity index (χ0v) is 11.9. The number of carboxylic acids is 1. The molecule has 1 aromatic heterocycles. The predicted octanol–water partition coefficient (Wildman–Crippen LogP) is 0.994. The zero-order chi connectivity index (χ0) is 15.3. The molecule has 0 spiro atoms. The summed E-state index contributed by atoms with van der Waals surface area (Å²) in [7, 11) is 0. The van der Waals surface area contributed by atoms with Crippen LogP contribution in [-0.4, -0.2) is 33.7 Å². The Morgan fingerprint density at radius 1 is 1.45 bits per heavy atom. The molecule has 0 aromatic carbocycles. The molecule has 0 aliphatic carbocycles. The topological polar surface area (TPSA) is 103 Å². The first-order valence-corrected chi connectivity index (χ1v) is 6.31. The highest BCUT2D eigenvalue weighted by atomic mass is 16.6. The Morgan fingerprint density at radius 3 is 2.55 bits per heavy atom. The van der Waals surface area contributed by atoms with Crippen molar-refractivity contribution in [2.24, 2.45) is 11.7 Å². The summed E-state index contributed by atoms with van der Waals surface area (Å²) >= 11 is 0. The van der Waals surface area contributed by atoms with Crippen LogP contribution in [-0.2, 0) is 20.7 Å². The molecule has 0 aliphatic heterocycles. The van der Waals surface area contributed by atoms with E-state index in [-0.39, 0.29) is 6.42 Å². The van der Waals surface area contributed by atoms with Crippen LogP contribution >= 0.6 is 0 Å². The summed E-state index contributed by atoms with van der Waals surface area (Å²) in [6.45, 7) is 5.03. The van der Waals surface area contributed by atoms with E-state index in [9.17, 15) is 14.7 Å². The van der Waals surface area contributed by atoms with Crippen LogP contribution in [0.5, 0.6) is 0 Å². The van der Waals surface area contributed by atoms with Crippen molar-refractivity contribution in [1.82, 2.24) is 4.98 Å². The Kier molecular flexibility index (Phi) is 5.21. The van der Waals surface area contributed by atoms with Gasteiger partial charge < -0.3 is 15.6 Å². The number of hydrogen-bond donors (Lipinski definition) is 2. The first-order chi connectivity index (χ1) is 9.20. The average Bonchev–Trinajstić information content (AvgIpc) is 2.26. The van der Waals surface area contributed by atoms with Crippen molar-refractivity contribution in [1.29, 1.82) is 0 Å². The van der Waals surface area contributed by atoms with E-state index in [1.807, 2.05) is 0 Å². The first-order valence-electron chi connectivity index (χ1n) is 6.31. The second-order valence-electron chi connectivity index (χ2n) is 5.58. The van der Waals surface area contributed by atoms with Crippen molar-refractivity contribution in [2.45, 2.75) is 38.8 Å². The van der Waals surface area contributed by atoms with Gasteiger partial charge in [0.2, 0.25) is 0 Å². The predicted molar refractivity (Wildman–Crippen MR) is 72.9 cm³/mol. The van der Waals surface area contributed by atoms with Crippen LogP contribution < -0.4 is 5.73 Å². The van der Waals surface area contributed by atoms with Crippen LogP contribution in [0.4, 0.5) is 0 Å². The first kappa shape index (κ1) is 16.1.